The number of benzene rings is 1. The van der Waals surface area contributed by atoms with Crippen molar-refractivity contribution in [2.75, 3.05) is 6.61 Å². The van der Waals surface area contributed by atoms with Crippen LogP contribution >= 0.6 is 0 Å². The van der Waals surface area contributed by atoms with Gasteiger partial charge in [0.2, 0.25) is 0 Å². The van der Waals surface area contributed by atoms with Crippen LogP contribution in [-0.2, 0) is 16.0 Å². The normalized spacial score (nSPS) is 16.0. The van der Waals surface area contributed by atoms with E-state index in [0.717, 1.165) is 12.0 Å². The third-order valence-corrected chi connectivity index (χ3v) is 2.70. The summed E-state index contributed by atoms with van der Waals surface area (Å²) in [7, 11) is 0. The maximum absolute atomic E-state index is 11.6. The van der Waals surface area contributed by atoms with Crippen LogP contribution in [-0.4, -0.2) is 12.6 Å². The molecule has 0 saturated heterocycles. The lowest BCUT2D eigenvalue weighted by Gasteiger charge is -2.20. The molecule has 0 spiro atoms. The Labute approximate surface area is 105 Å². The second-order valence-electron chi connectivity index (χ2n) is 3.84. The average molecular weight is 243 g/mol. The maximum atomic E-state index is 11.6. The van der Waals surface area contributed by atoms with Crippen molar-refractivity contribution in [1.29, 1.82) is 5.26 Å². The van der Waals surface area contributed by atoms with Crippen LogP contribution in [0.15, 0.2) is 35.6 Å². The predicted octanol–water partition coefficient (Wildman–Crippen LogP) is 2.35. The molecule has 0 unspecified atom stereocenters. The highest BCUT2D eigenvalue weighted by Crippen LogP contribution is 2.30. The zero-order valence-electron chi connectivity index (χ0n) is 10.1. The highest BCUT2D eigenvalue weighted by molar-refractivity contribution is 5.93. The summed E-state index contributed by atoms with van der Waals surface area (Å²) in [4.78, 5) is 11.6. The van der Waals surface area contributed by atoms with Crippen LogP contribution in [0.25, 0.3) is 0 Å². The summed E-state index contributed by atoms with van der Waals surface area (Å²) in [6.07, 6.45) is 1.30. The number of nitrogens with zero attached hydrogens (tertiary/aromatic N) is 1. The SMILES string of the molecule is CCOC(=O)/C(C#N)=C1/CCc2ccccc2O1. The van der Waals surface area contributed by atoms with Crippen LogP contribution in [0.3, 0.4) is 0 Å². The zero-order valence-corrected chi connectivity index (χ0v) is 10.1. The van der Waals surface area contributed by atoms with E-state index in [0.29, 0.717) is 17.9 Å². The van der Waals surface area contributed by atoms with Gasteiger partial charge in [-0.05, 0) is 25.0 Å². The van der Waals surface area contributed by atoms with Crippen molar-refractivity contribution >= 4 is 5.97 Å². The third-order valence-electron chi connectivity index (χ3n) is 2.70. The van der Waals surface area contributed by atoms with Crippen molar-refractivity contribution < 1.29 is 14.3 Å². The van der Waals surface area contributed by atoms with Crippen LogP contribution < -0.4 is 4.74 Å². The summed E-state index contributed by atoms with van der Waals surface area (Å²) >= 11 is 0. The largest absolute Gasteiger partial charge is 0.462 e. The molecule has 0 aliphatic carbocycles. The number of allylic oxidation sites excluding steroid dienone is 1. The van der Waals surface area contributed by atoms with Gasteiger partial charge in [0.1, 0.15) is 17.6 Å². The van der Waals surface area contributed by atoms with Crippen LogP contribution in [0, 0.1) is 11.3 Å². The number of carbonyl (C=O) groups excluding carboxylic acids is 1. The molecule has 1 aromatic rings. The zero-order chi connectivity index (χ0) is 13.0. The first kappa shape index (κ1) is 12.2. The number of para-hydroxylation sites is 1. The number of nitriles is 1. The predicted molar refractivity (Wildman–Crippen MR) is 64.7 cm³/mol. The van der Waals surface area contributed by atoms with Gasteiger partial charge in [0.25, 0.3) is 0 Å². The second-order valence-corrected chi connectivity index (χ2v) is 3.84. The number of fused-ring (bicyclic) bond motifs is 1. The van der Waals surface area contributed by atoms with E-state index in [9.17, 15) is 4.79 Å². The molecule has 0 N–H and O–H groups in total. The Morgan fingerprint density at radius 3 is 2.94 bits per heavy atom. The van der Waals surface area contributed by atoms with E-state index in [-0.39, 0.29) is 12.2 Å². The molecule has 1 aromatic carbocycles. The number of rotatable bonds is 2. The number of ether oxygens (including phenoxy) is 2. The van der Waals surface area contributed by atoms with Crippen LogP contribution in [0.5, 0.6) is 5.75 Å². The Balaban J connectivity index is 2.30. The summed E-state index contributed by atoms with van der Waals surface area (Å²) in [5.41, 5.74) is 1.05. The Bertz CT molecular complexity index is 540. The van der Waals surface area contributed by atoms with Gasteiger partial charge < -0.3 is 9.47 Å². The average Bonchev–Trinajstić information content (AvgIpc) is 2.40. The van der Waals surface area contributed by atoms with Crippen LogP contribution in [0.4, 0.5) is 0 Å². The van der Waals surface area contributed by atoms with Crippen LogP contribution in [0.1, 0.15) is 18.9 Å². The summed E-state index contributed by atoms with van der Waals surface area (Å²) in [6.45, 7) is 1.95. The molecule has 1 aliphatic rings. The van der Waals surface area contributed by atoms with Gasteiger partial charge in [-0.15, -0.1) is 0 Å². The molecule has 0 amide bonds. The first-order chi connectivity index (χ1) is 8.76. The van der Waals surface area contributed by atoms with Gasteiger partial charge in [0.05, 0.1) is 6.61 Å². The van der Waals surface area contributed by atoms with Gasteiger partial charge in [-0.25, -0.2) is 4.79 Å². The number of carbonyl (C=O) groups is 1. The van der Waals surface area contributed by atoms with Gasteiger partial charge in [-0.1, -0.05) is 18.2 Å². The Morgan fingerprint density at radius 2 is 2.22 bits per heavy atom. The number of aryl methyl sites for hydroxylation is 1. The summed E-state index contributed by atoms with van der Waals surface area (Å²) in [6, 6.07) is 9.47. The van der Waals surface area contributed by atoms with Crippen molar-refractivity contribution in [2.24, 2.45) is 0 Å². The molecule has 0 bridgehead atoms. The minimum Gasteiger partial charge on any atom is -0.462 e. The molecule has 18 heavy (non-hydrogen) atoms. The second kappa shape index (κ2) is 5.37. The van der Waals surface area contributed by atoms with Crippen molar-refractivity contribution in [3.05, 3.63) is 41.2 Å². The first-order valence-electron chi connectivity index (χ1n) is 5.82. The van der Waals surface area contributed by atoms with E-state index >= 15 is 0 Å². The van der Waals surface area contributed by atoms with E-state index < -0.39 is 5.97 Å². The van der Waals surface area contributed by atoms with Gasteiger partial charge >= 0.3 is 5.97 Å². The van der Waals surface area contributed by atoms with Gasteiger partial charge in [0, 0.05) is 6.42 Å². The van der Waals surface area contributed by atoms with Gasteiger partial charge in [-0.2, -0.15) is 5.26 Å². The fourth-order valence-electron chi connectivity index (χ4n) is 1.84. The fourth-order valence-corrected chi connectivity index (χ4v) is 1.84. The van der Waals surface area contributed by atoms with Crippen molar-refractivity contribution in [3.63, 3.8) is 0 Å². The molecule has 0 aromatic heterocycles. The van der Waals surface area contributed by atoms with Crippen molar-refractivity contribution in [1.82, 2.24) is 0 Å². The number of hydrogen-bond acceptors (Lipinski definition) is 4. The van der Waals surface area contributed by atoms with Gasteiger partial charge in [0.15, 0.2) is 5.57 Å². The van der Waals surface area contributed by atoms with Gasteiger partial charge in [-0.3, -0.25) is 0 Å². The Kier molecular flexibility index (Phi) is 3.63. The molecular weight excluding hydrogens is 230 g/mol. The topological polar surface area (TPSA) is 59.3 Å². The lowest BCUT2D eigenvalue weighted by atomic mass is 10.0. The minimum atomic E-state index is -0.616. The molecule has 1 aliphatic heterocycles. The third kappa shape index (κ3) is 2.35. The molecule has 4 nitrogen and oxygen atoms in total. The molecule has 0 saturated carbocycles. The highest BCUT2D eigenvalue weighted by Gasteiger charge is 2.22. The lowest BCUT2D eigenvalue weighted by molar-refractivity contribution is -0.138. The molecule has 0 radical (unpaired) electrons. The minimum absolute atomic E-state index is 0.0358. The summed E-state index contributed by atoms with van der Waals surface area (Å²) in [5, 5.41) is 9.03. The Morgan fingerprint density at radius 1 is 1.44 bits per heavy atom. The lowest BCUT2D eigenvalue weighted by Crippen LogP contribution is -2.15. The quantitative estimate of drug-likeness (QED) is 0.454. The fraction of sp³-hybridized carbons (Fsp3) is 0.286. The van der Waals surface area contributed by atoms with Crippen molar-refractivity contribution in [2.45, 2.75) is 19.8 Å². The Hall–Kier alpha value is -2.28. The molecule has 4 heteroatoms. The molecule has 92 valence electrons. The van der Waals surface area contributed by atoms with Crippen LogP contribution in [0.2, 0.25) is 0 Å². The number of esters is 1. The molecule has 0 atom stereocenters. The summed E-state index contributed by atoms with van der Waals surface area (Å²) in [5.74, 6) is 0.486. The smallest absolute Gasteiger partial charge is 0.352 e. The summed E-state index contributed by atoms with van der Waals surface area (Å²) < 4.78 is 10.4. The van der Waals surface area contributed by atoms with Crippen molar-refractivity contribution in [3.8, 4) is 11.8 Å². The molecular formula is C14H13NO3. The molecule has 0 fully saturated rings. The number of hydrogen-bond donors (Lipinski definition) is 0. The van der Waals surface area contributed by atoms with E-state index in [4.69, 9.17) is 14.7 Å². The first-order valence-corrected chi connectivity index (χ1v) is 5.82. The maximum Gasteiger partial charge on any atom is 0.352 e. The highest BCUT2D eigenvalue weighted by atomic mass is 16.5. The monoisotopic (exact) mass is 243 g/mol. The van der Waals surface area contributed by atoms with E-state index in [2.05, 4.69) is 0 Å². The standard InChI is InChI=1S/C14H13NO3/c1-2-17-14(16)11(9-15)13-8-7-10-5-3-4-6-12(10)18-13/h3-6H,2,7-8H2,1H3/b13-11-. The molecule has 1 heterocycles. The molecule has 2 rings (SSSR count). The van der Waals surface area contributed by atoms with E-state index in [1.807, 2.05) is 30.3 Å². The van der Waals surface area contributed by atoms with E-state index in [1.54, 1.807) is 6.92 Å². The van der Waals surface area contributed by atoms with E-state index in [1.165, 1.54) is 0 Å².